The Balaban J connectivity index is 1.60. The largest absolute Gasteiger partial charge is 0.406 e. The van der Waals surface area contributed by atoms with E-state index in [9.17, 15) is 9.59 Å². The van der Waals surface area contributed by atoms with Crippen molar-refractivity contribution >= 4 is 23.0 Å². The first-order valence-corrected chi connectivity index (χ1v) is 8.23. The van der Waals surface area contributed by atoms with E-state index in [2.05, 4.69) is 20.5 Å². The molecule has 4 N–H and O–H groups in total. The minimum atomic E-state index is -0.325. The molecule has 1 amide bonds. The SMILES string of the molecule is Nc1nnc(CNC(=O)c2ccc3[nH]c(=O)n(Cc4ccccc4)c3c2)o1. The molecule has 0 atom stereocenters. The lowest BCUT2D eigenvalue weighted by atomic mass is 10.1. The van der Waals surface area contributed by atoms with Gasteiger partial charge in [-0.25, -0.2) is 4.79 Å². The fraction of sp³-hybridized carbons (Fsp3) is 0.111. The van der Waals surface area contributed by atoms with Gasteiger partial charge in [0.05, 0.1) is 24.1 Å². The molecule has 136 valence electrons. The first-order valence-electron chi connectivity index (χ1n) is 8.23. The van der Waals surface area contributed by atoms with Gasteiger partial charge >= 0.3 is 11.7 Å². The molecule has 0 bridgehead atoms. The maximum Gasteiger partial charge on any atom is 0.326 e. The molecule has 0 radical (unpaired) electrons. The lowest BCUT2D eigenvalue weighted by molar-refractivity contribution is 0.0947. The Morgan fingerprint density at radius 1 is 1.19 bits per heavy atom. The Labute approximate surface area is 152 Å². The number of amides is 1. The molecule has 0 spiro atoms. The zero-order chi connectivity index (χ0) is 18.8. The van der Waals surface area contributed by atoms with E-state index in [0.29, 0.717) is 23.1 Å². The normalized spacial score (nSPS) is 11.0. The number of carbonyl (C=O) groups is 1. The molecule has 4 rings (SSSR count). The fourth-order valence-corrected chi connectivity index (χ4v) is 2.81. The van der Waals surface area contributed by atoms with Crippen molar-refractivity contribution in [3.8, 4) is 0 Å². The summed E-state index contributed by atoms with van der Waals surface area (Å²) in [6, 6.07) is 14.6. The van der Waals surface area contributed by atoms with E-state index in [1.807, 2.05) is 30.3 Å². The molecule has 2 aromatic carbocycles. The number of anilines is 1. The van der Waals surface area contributed by atoms with Crippen LogP contribution in [-0.4, -0.2) is 25.7 Å². The van der Waals surface area contributed by atoms with Crippen LogP contribution in [0.4, 0.5) is 6.01 Å². The number of hydrogen-bond donors (Lipinski definition) is 3. The highest BCUT2D eigenvalue weighted by Crippen LogP contribution is 2.15. The van der Waals surface area contributed by atoms with Crippen molar-refractivity contribution in [1.29, 1.82) is 0 Å². The van der Waals surface area contributed by atoms with E-state index in [1.54, 1.807) is 22.8 Å². The minimum absolute atomic E-state index is 0.0575. The Hall–Kier alpha value is -3.88. The number of rotatable bonds is 5. The Kier molecular flexibility index (Phi) is 4.17. The number of H-pyrrole nitrogens is 1. The third kappa shape index (κ3) is 3.43. The highest BCUT2D eigenvalue weighted by atomic mass is 16.4. The molecule has 0 saturated carbocycles. The van der Waals surface area contributed by atoms with Gasteiger partial charge in [0.25, 0.3) is 5.91 Å². The molecular weight excluding hydrogens is 348 g/mol. The Morgan fingerprint density at radius 3 is 2.74 bits per heavy atom. The van der Waals surface area contributed by atoms with Gasteiger partial charge in [-0.05, 0) is 23.8 Å². The zero-order valence-electron chi connectivity index (χ0n) is 14.2. The number of imidazole rings is 1. The van der Waals surface area contributed by atoms with Gasteiger partial charge in [0.15, 0.2) is 0 Å². The predicted octanol–water partition coefficient (Wildman–Crippen LogP) is 1.27. The molecule has 2 heterocycles. The predicted molar refractivity (Wildman–Crippen MR) is 98.0 cm³/mol. The van der Waals surface area contributed by atoms with Crippen LogP contribution in [0.1, 0.15) is 21.8 Å². The molecule has 0 unspecified atom stereocenters. The number of fused-ring (bicyclic) bond motifs is 1. The number of hydrogen-bond acceptors (Lipinski definition) is 6. The van der Waals surface area contributed by atoms with Crippen molar-refractivity contribution in [1.82, 2.24) is 25.1 Å². The molecule has 2 aromatic heterocycles. The fourth-order valence-electron chi connectivity index (χ4n) is 2.81. The van der Waals surface area contributed by atoms with Crippen molar-refractivity contribution in [2.45, 2.75) is 13.1 Å². The van der Waals surface area contributed by atoms with Crippen LogP contribution < -0.4 is 16.7 Å². The van der Waals surface area contributed by atoms with Crippen molar-refractivity contribution < 1.29 is 9.21 Å². The Morgan fingerprint density at radius 2 is 2.00 bits per heavy atom. The van der Waals surface area contributed by atoms with E-state index in [4.69, 9.17) is 10.2 Å². The van der Waals surface area contributed by atoms with Crippen LogP contribution in [0.2, 0.25) is 0 Å². The molecule has 0 aliphatic rings. The highest BCUT2D eigenvalue weighted by Gasteiger charge is 2.13. The van der Waals surface area contributed by atoms with Gasteiger partial charge in [-0.1, -0.05) is 35.4 Å². The van der Waals surface area contributed by atoms with Crippen LogP contribution in [0.15, 0.2) is 57.7 Å². The molecule has 27 heavy (non-hydrogen) atoms. The van der Waals surface area contributed by atoms with Gasteiger partial charge in [-0.2, -0.15) is 0 Å². The molecule has 9 nitrogen and oxygen atoms in total. The summed E-state index contributed by atoms with van der Waals surface area (Å²) < 4.78 is 6.62. The van der Waals surface area contributed by atoms with Crippen LogP contribution in [0.25, 0.3) is 11.0 Å². The molecule has 9 heteroatoms. The summed E-state index contributed by atoms with van der Waals surface area (Å²) in [5, 5.41) is 9.90. The van der Waals surface area contributed by atoms with E-state index < -0.39 is 0 Å². The number of aromatic amines is 1. The maximum atomic E-state index is 12.4. The van der Waals surface area contributed by atoms with Crippen LogP contribution in [0.3, 0.4) is 0 Å². The molecule has 4 aromatic rings. The number of nitrogens with one attached hydrogen (secondary N) is 2. The maximum absolute atomic E-state index is 12.4. The molecule has 0 saturated heterocycles. The second-order valence-corrected chi connectivity index (χ2v) is 5.95. The van der Waals surface area contributed by atoms with E-state index in [0.717, 1.165) is 5.56 Å². The smallest absolute Gasteiger partial charge is 0.326 e. The van der Waals surface area contributed by atoms with Gasteiger partial charge in [0.1, 0.15) is 0 Å². The first kappa shape index (κ1) is 16.6. The van der Waals surface area contributed by atoms with Crippen molar-refractivity contribution in [2.24, 2.45) is 0 Å². The highest BCUT2D eigenvalue weighted by molar-refractivity contribution is 5.97. The quantitative estimate of drug-likeness (QED) is 0.489. The first-order chi connectivity index (χ1) is 13.1. The van der Waals surface area contributed by atoms with E-state index in [-0.39, 0.29) is 30.0 Å². The molecule has 0 aliphatic heterocycles. The zero-order valence-corrected chi connectivity index (χ0v) is 14.2. The lowest BCUT2D eigenvalue weighted by Crippen LogP contribution is -2.23. The van der Waals surface area contributed by atoms with E-state index >= 15 is 0 Å². The number of nitrogen functional groups attached to an aromatic ring is 1. The van der Waals surface area contributed by atoms with Gasteiger partial charge in [0.2, 0.25) is 5.89 Å². The third-order valence-electron chi connectivity index (χ3n) is 4.10. The topological polar surface area (TPSA) is 132 Å². The van der Waals surface area contributed by atoms with Gasteiger partial charge in [0, 0.05) is 5.56 Å². The summed E-state index contributed by atoms with van der Waals surface area (Å²) in [7, 11) is 0. The van der Waals surface area contributed by atoms with Crippen LogP contribution in [-0.2, 0) is 13.1 Å². The molecule has 0 fully saturated rings. The lowest BCUT2D eigenvalue weighted by Gasteiger charge is -2.06. The van der Waals surface area contributed by atoms with Gasteiger partial charge in [-0.3, -0.25) is 9.36 Å². The summed E-state index contributed by atoms with van der Waals surface area (Å²) in [6.45, 7) is 0.469. The van der Waals surface area contributed by atoms with E-state index in [1.165, 1.54) is 0 Å². The summed E-state index contributed by atoms with van der Waals surface area (Å²) in [6.07, 6.45) is 0. The number of benzene rings is 2. The van der Waals surface area contributed by atoms with Crippen molar-refractivity contribution in [3.63, 3.8) is 0 Å². The van der Waals surface area contributed by atoms with Crippen molar-refractivity contribution in [3.05, 3.63) is 76.0 Å². The summed E-state index contributed by atoms with van der Waals surface area (Å²) >= 11 is 0. The second-order valence-electron chi connectivity index (χ2n) is 5.95. The van der Waals surface area contributed by atoms with Gasteiger partial charge < -0.3 is 20.5 Å². The molecule has 0 aliphatic carbocycles. The Bertz CT molecular complexity index is 1160. The third-order valence-corrected chi connectivity index (χ3v) is 4.10. The van der Waals surface area contributed by atoms with Gasteiger partial charge in [-0.15, -0.1) is 5.10 Å². The monoisotopic (exact) mass is 364 g/mol. The summed E-state index contributed by atoms with van der Waals surface area (Å²) in [5.74, 6) is -0.113. The van der Waals surface area contributed by atoms with Crippen LogP contribution in [0, 0.1) is 0 Å². The summed E-state index contributed by atoms with van der Waals surface area (Å²) in [4.78, 5) is 27.5. The van der Waals surface area contributed by atoms with Crippen LogP contribution in [0.5, 0.6) is 0 Å². The number of carbonyl (C=O) groups excluding carboxylic acids is 1. The average Bonchev–Trinajstić information content (AvgIpc) is 3.23. The molecular formula is C18H16N6O3. The minimum Gasteiger partial charge on any atom is -0.406 e. The average molecular weight is 364 g/mol. The number of nitrogens with zero attached hydrogens (tertiary/aromatic N) is 3. The number of aromatic nitrogens is 4. The summed E-state index contributed by atoms with van der Waals surface area (Å²) in [5.41, 5.74) is 7.84. The standard InChI is InChI=1S/C18H16N6O3/c19-17-23-22-15(27-17)9-20-16(25)12-6-7-13-14(8-12)24(18(26)21-13)10-11-4-2-1-3-5-11/h1-8H,9-10H2,(H2,19,23)(H,20,25)(H,21,26). The second kappa shape index (κ2) is 6.79. The van der Waals surface area contributed by atoms with Crippen LogP contribution >= 0.6 is 0 Å². The van der Waals surface area contributed by atoms with Crippen molar-refractivity contribution in [2.75, 3.05) is 5.73 Å². The number of nitrogens with two attached hydrogens (primary N) is 1.